The Morgan fingerprint density at radius 2 is 1.75 bits per heavy atom. The van der Waals surface area contributed by atoms with Gasteiger partial charge in [0.1, 0.15) is 11.5 Å². The average Bonchev–Trinajstić information content (AvgIpc) is 2.84. The Morgan fingerprint density at radius 1 is 1.03 bits per heavy atom. The van der Waals surface area contributed by atoms with Gasteiger partial charge in [0.2, 0.25) is 0 Å². The Labute approximate surface area is 219 Å². The highest BCUT2D eigenvalue weighted by Gasteiger charge is 2.16. The van der Waals surface area contributed by atoms with Crippen LogP contribution < -0.4 is 10.2 Å². The van der Waals surface area contributed by atoms with Crippen molar-refractivity contribution in [3.05, 3.63) is 87.4 Å². The summed E-state index contributed by atoms with van der Waals surface area (Å²) in [6.07, 6.45) is 0.0713. The van der Waals surface area contributed by atoms with Crippen molar-refractivity contribution in [3.63, 3.8) is 0 Å². The summed E-state index contributed by atoms with van der Waals surface area (Å²) in [4.78, 5) is 18.1. The molecule has 0 fully saturated rings. The lowest BCUT2D eigenvalue weighted by molar-refractivity contribution is 0.0956. The third-order valence-corrected chi connectivity index (χ3v) is 5.98. The van der Waals surface area contributed by atoms with E-state index >= 15 is 0 Å². The van der Waals surface area contributed by atoms with Gasteiger partial charge in [0.05, 0.1) is 33.6 Å². The minimum Gasteiger partial charge on any atom is -0.506 e. The molecule has 36 heavy (non-hydrogen) atoms. The molecule has 0 spiro atoms. The fraction of sp³-hybridized carbons (Fsp3) is 0.179. The van der Waals surface area contributed by atoms with Gasteiger partial charge in [-0.25, -0.2) is 10.4 Å². The molecular weight excluding hydrogens is 497 g/mol. The SMILES string of the molecule is C/C(=N\NC(=O)c1cc(-c2ccc(OC(C)C)cc2)nc2ccc(C)cc12)c1cc(Cl)cc(Cl)c1O. The van der Waals surface area contributed by atoms with Crippen LogP contribution in [0.2, 0.25) is 10.0 Å². The number of carbonyl (C=O) groups is 1. The van der Waals surface area contributed by atoms with Crippen LogP contribution in [-0.2, 0) is 0 Å². The van der Waals surface area contributed by atoms with E-state index in [-0.39, 0.29) is 16.9 Å². The van der Waals surface area contributed by atoms with E-state index in [9.17, 15) is 9.90 Å². The van der Waals surface area contributed by atoms with Crippen molar-refractivity contribution in [2.45, 2.75) is 33.8 Å². The molecule has 184 valence electrons. The molecule has 0 atom stereocenters. The largest absolute Gasteiger partial charge is 0.506 e. The number of hydrogen-bond donors (Lipinski definition) is 2. The quantitative estimate of drug-likeness (QED) is 0.208. The Morgan fingerprint density at radius 3 is 2.44 bits per heavy atom. The normalized spacial score (nSPS) is 11.7. The summed E-state index contributed by atoms with van der Waals surface area (Å²) in [6.45, 7) is 7.54. The molecule has 0 saturated carbocycles. The lowest BCUT2D eigenvalue weighted by Gasteiger charge is -2.12. The maximum atomic E-state index is 13.3. The molecule has 1 amide bonds. The third kappa shape index (κ3) is 5.61. The van der Waals surface area contributed by atoms with E-state index in [0.29, 0.717) is 38.5 Å². The third-order valence-electron chi connectivity index (χ3n) is 5.47. The van der Waals surface area contributed by atoms with Gasteiger partial charge in [0, 0.05) is 21.5 Å². The van der Waals surface area contributed by atoms with Crippen LogP contribution in [0.5, 0.6) is 11.5 Å². The molecule has 4 aromatic rings. The van der Waals surface area contributed by atoms with Crippen LogP contribution in [0.1, 0.15) is 42.3 Å². The van der Waals surface area contributed by atoms with Crippen LogP contribution in [0.25, 0.3) is 22.2 Å². The number of fused-ring (bicyclic) bond motifs is 1. The summed E-state index contributed by atoms with van der Waals surface area (Å²) in [5.41, 5.74) is 6.86. The number of nitrogens with zero attached hydrogens (tertiary/aromatic N) is 2. The zero-order valence-electron chi connectivity index (χ0n) is 20.3. The van der Waals surface area contributed by atoms with E-state index in [1.165, 1.54) is 12.1 Å². The van der Waals surface area contributed by atoms with Crippen molar-refractivity contribution in [2.24, 2.45) is 5.10 Å². The first-order chi connectivity index (χ1) is 17.1. The molecule has 0 aliphatic heterocycles. The predicted octanol–water partition coefficient (Wildman–Crippen LogP) is 7.16. The number of phenolic OH excluding ortho intramolecular Hbond substituents is 1. The van der Waals surface area contributed by atoms with Gasteiger partial charge in [-0.05, 0) is 82.3 Å². The first-order valence-corrected chi connectivity index (χ1v) is 12.1. The van der Waals surface area contributed by atoms with Gasteiger partial charge in [-0.15, -0.1) is 0 Å². The molecule has 0 radical (unpaired) electrons. The topological polar surface area (TPSA) is 83.8 Å². The van der Waals surface area contributed by atoms with Crippen molar-refractivity contribution in [2.75, 3.05) is 0 Å². The van der Waals surface area contributed by atoms with E-state index in [2.05, 4.69) is 10.5 Å². The van der Waals surface area contributed by atoms with Crippen LogP contribution in [-0.4, -0.2) is 27.8 Å². The second-order valence-corrected chi connectivity index (χ2v) is 9.53. The fourth-order valence-corrected chi connectivity index (χ4v) is 4.24. The number of carbonyl (C=O) groups excluding carboxylic acids is 1. The molecule has 0 saturated heterocycles. The van der Waals surface area contributed by atoms with E-state index in [1.807, 2.05) is 63.2 Å². The number of aromatic nitrogens is 1. The summed E-state index contributed by atoms with van der Waals surface area (Å²) in [7, 11) is 0. The molecule has 1 aromatic heterocycles. The molecule has 0 unspecified atom stereocenters. The van der Waals surface area contributed by atoms with Crippen molar-refractivity contribution in [1.29, 1.82) is 0 Å². The first kappa shape index (κ1) is 25.5. The fourth-order valence-electron chi connectivity index (χ4n) is 3.75. The monoisotopic (exact) mass is 521 g/mol. The number of halogens is 2. The van der Waals surface area contributed by atoms with Crippen molar-refractivity contribution >= 4 is 45.7 Å². The zero-order chi connectivity index (χ0) is 26.0. The Bertz CT molecular complexity index is 1480. The minimum absolute atomic E-state index is 0.0713. The number of rotatable bonds is 6. The molecule has 0 bridgehead atoms. The van der Waals surface area contributed by atoms with Gasteiger partial charge < -0.3 is 9.84 Å². The number of amides is 1. The van der Waals surface area contributed by atoms with E-state index in [4.69, 9.17) is 32.9 Å². The molecule has 3 aromatic carbocycles. The number of aryl methyl sites for hydroxylation is 1. The molecular formula is C28H25Cl2N3O3. The minimum atomic E-state index is -0.416. The number of aromatic hydroxyl groups is 1. The summed E-state index contributed by atoms with van der Waals surface area (Å²) in [5, 5.41) is 15.6. The van der Waals surface area contributed by atoms with Gasteiger partial charge in [-0.2, -0.15) is 5.10 Å². The number of hydrogen-bond acceptors (Lipinski definition) is 5. The number of phenols is 1. The van der Waals surface area contributed by atoms with Crippen LogP contribution in [0.15, 0.2) is 65.8 Å². The highest BCUT2D eigenvalue weighted by atomic mass is 35.5. The first-order valence-electron chi connectivity index (χ1n) is 11.3. The van der Waals surface area contributed by atoms with Gasteiger partial charge in [0.25, 0.3) is 5.91 Å². The summed E-state index contributed by atoms with van der Waals surface area (Å²) < 4.78 is 5.73. The van der Waals surface area contributed by atoms with Gasteiger partial charge in [0.15, 0.2) is 0 Å². The Hall–Kier alpha value is -3.61. The average molecular weight is 522 g/mol. The van der Waals surface area contributed by atoms with Gasteiger partial charge in [-0.1, -0.05) is 34.8 Å². The number of nitrogens with one attached hydrogen (secondary N) is 1. The lowest BCUT2D eigenvalue weighted by Crippen LogP contribution is -2.20. The van der Waals surface area contributed by atoms with Crippen LogP contribution in [0, 0.1) is 6.92 Å². The summed E-state index contributed by atoms with van der Waals surface area (Å²) >= 11 is 12.1. The molecule has 4 rings (SSSR count). The summed E-state index contributed by atoms with van der Waals surface area (Å²) in [6, 6.07) is 18.1. The number of benzene rings is 3. The van der Waals surface area contributed by atoms with Gasteiger partial charge >= 0.3 is 0 Å². The molecule has 1 heterocycles. The second kappa shape index (κ2) is 10.6. The van der Waals surface area contributed by atoms with E-state index in [1.54, 1.807) is 13.0 Å². The van der Waals surface area contributed by atoms with Crippen LogP contribution >= 0.6 is 23.2 Å². The number of hydrazone groups is 1. The Balaban J connectivity index is 1.71. The van der Waals surface area contributed by atoms with Crippen molar-refractivity contribution in [1.82, 2.24) is 10.4 Å². The molecule has 8 heteroatoms. The summed E-state index contributed by atoms with van der Waals surface area (Å²) in [5.74, 6) is 0.187. The second-order valence-electron chi connectivity index (χ2n) is 8.69. The van der Waals surface area contributed by atoms with E-state index in [0.717, 1.165) is 16.9 Å². The van der Waals surface area contributed by atoms with Crippen molar-refractivity contribution in [3.8, 4) is 22.8 Å². The predicted molar refractivity (Wildman–Crippen MR) is 145 cm³/mol. The van der Waals surface area contributed by atoms with Gasteiger partial charge in [-0.3, -0.25) is 4.79 Å². The molecule has 6 nitrogen and oxygen atoms in total. The Kier molecular flexibility index (Phi) is 7.48. The highest BCUT2D eigenvalue weighted by Crippen LogP contribution is 2.32. The smallest absolute Gasteiger partial charge is 0.272 e. The molecule has 0 aliphatic rings. The standard InChI is InChI=1S/C28H25Cl2N3O3/c1-15(2)36-20-8-6-18(7-9-20)26-14-23(22-11-16(3)5-10-25(22)31-26)28(35)33-32-17(4)21-12-19(29)13-24(30)27(21)34/h5-15,34H,1-4H3,(H,33,35)/b32-17+. The highest BCUT2D eigenvalue weighted by molar-refractivity contribution is 6.36. The molecule has 0 aliphatic carbocycles. The number of pyridine rings is 1. The number of ether oxygens (including phenoxy) is 1. The van der Waals surface area contributed by atoms with Crippen molar-refractivity contribution < 1.29 is 14.6 Å². The maximum Gasteiger partial charge on any atom is 0.272 e. The maximum absolute atomic E-state index is 13.3. The van der Waals surface area contributed by atoms with E-state index < -0.39 is 5.91 Å². The molecule has 2 N–H and O–H groups in total. The van der Waals surface area contributed by atoms with Crippen LogP contribution in [0.4, 0.5) is 0 Å². The lowest BCUT2D eigenvalue weighted by atomic mass is 10.0. The van der Waals surface area contributed by atoms with Crippen LogP contribution in [0.3, 0.4) is 0 Å². The zero-order valence-corrected chi connectivity index (χ0v) is 21.8.